The molecule has 2 aliphatic carbocycles. The number of aliphatic hydroxyl groups excluding tert-OH is 1. The van der Waals surface area contributed by atoms with Gasteiger partial charge in [-0.15, -0.1) is 0 Å². The fourth-order valence-corrected chi connectivity index (χ4v) is 7.35. The summed E-state index contributed by atoms with van der Waals surface area (Å²) in [5.74, 6) is -0.769. The van der Waals surface area contributed by atoms with Crippen LogP contribution in [0, 0.1) is 17.8 Å². The topological polar surface area (TPSA) is 144 Å². The zero-order valence-corrected chi connectivity index (χ0v) is 28.3. The molecule has 252 valence electrons. The first-order valence-electron chi connectivity index (χ1n) is 17.0. The number of aromatic nitrogens is 1. The zero-order valence-electron chi connectivity index (χ0n) is 28.3. The van der Waals surface area contributed by atoms with E-state index in [4.69, 9.17) is 15.2 Å². The van der Waals surface area contributed by atoms with Crippen molar-refractivity contribution in [1.82, 2.24) is 10.3 Å². The Kier molecular flexibility index (Phi) is 10.5. The zero-order chi connectivity index (χ0) is 33.9. The number of hydrogen-bond acceptors (Lipinski definition) is 9. The van der Waals surface area contributed by atoms with Gasteiger partial charge in [-0.3, -0.25) is 9.59 Å². The number of epoxide rings is 1. The number of Topliss-reactive ketones (excluding diaryl/α,β-unsaturated/α-hetero) is 2. The molecule has 2 heterocycles. The fraction of sp³-hybridized carbons (Fsp3) is 0.526. The number of pyridine rings is 1. The summed E-state index contributed by atoms with van der Waals surface area (Å²) in [6, 6.07) is 8.97. The van der Waals surface area contributed by atoms with E-state index in [0.29, 0.717) is 42.1 Å². The van der Waals surface area contributed by atoms with Gasteiger partial charge in [-0.2, -0.15) is 0 Å². The molecule has 1 aromatic heterocycles. The second-order valence-corrected chi connectivity index (χ2v) is 13.7. The van der Waals surface area contributed by atoms with Crippen LogP contribution in [0.5, 0.6) is 0 Å². The van der Waals surface area contributed by atoms with Gasteiger partial charge in [-0.25, -0.2) is 9.78 Å². The SMILES string of the molecule is CCNC1C=CC(CC)CC1COC(=O)C12OC1(CC(CO)=C(C)CCc1ccnc(N)c1)C(=O)c1cccc(CC(C)C)c1C2=O. The number of hydrogen-bond donors (Lipinski definition) is 3. The number of anilines is 1. The van der Waals surface area contributed by atoms with Gasteiger partial charge in [0, 0.05) is 35.7 Å². The Balaban J connectivity index is 1.49. The summed E-state index contributed by atoms with van der Waals surface area (Å²) in [7, 11) is 0. The number of nitrogens with one attached hydrogen (secondary N) is 1. The fourth-order valence-electron chi connectivity index (χ4n) is 7.35. The number of likely N-dealkylation sites (N-methyl/N-ethyl adjacent to an activating group) is 1. The van der Waals surface area contributed by atoms with Crippen LogP contribution in [0.25, 0.3) is 0 Å². The highest BCUT2D eigenvalue weighted by atomic mass is 16.7. The van der Waals surface area contributed by atoms with E-state index in [1.54, 1.807) is 24.4 Å². The molecule has 2 aromatic rings. The van der Waals surface area contributed by atoms with E-state index in [2.05, 4.69) is 29.4 Å². The van der Waals surface area contributed by atoms with Crippen LogP contribution in [0.2, 0.25) is 0 Å². The summed E-state index contributed by atoms with van der Waals surface area (Å²) in [6.45, 7) is 10.7. The second-order valence-electron chi connectivity index (χ2n) is 13.7. The molecule has 1 fully saturated rings. The summed E-state index contributed by atoms with van der Waals surface area (Å²) >= 11 is 0. The van der Waals surface area contributed by atoms with Crippen molar-refractivity contribution in [2.45, 2.75) is 90.4 Å². The van der Waals surface area contributed by atoms with E-state index < -0.39 is 28.7 Å². The second kappa shape index (κ2) is 14.2. The van der Waals surface area contributed by atoms with Crippen molar-refractivity contribution in [2.75, 3.05) is 25.5 Å². The van der Waals surface area contributed by atoms with Crippen molar-refractivity contribution in [2.24, 2.45) is 17.8 Å². The lowest BCUT2D eigenvalue weighted by atomic mass is 9.69. The average molecular weight is 644 g/mol. The van der Waals surface area contributed by atoms with Gasteiger partial charge in [0.15, 0.2) is 11.4 Å². The molecule has 1 saturated heterocycles. The van der Waals surface area contributed by atoms with Crippen molar-refractivity contribution in [3.8, 4) is 0 Å². The Morgan fingerprint density at radius 3 is 2.66 bits per heavy atom. The molecule has 9 heteroatoms. The lowest BCUT2D eigenvalue weighted by Gasteiger charge is -2.32. The van der Waals surface area contributed by atoms with Crippen LogP contribution in [0.1, 0.15) is 92.1 Å². The number of carbonyl (C=O) groups excluding carboxylic acids is 3. The summed E-state index contributed by atoms with van der Waals surface area (Å²) in [5, 5.41) is 14.0. The molecule has 4 N–H and O–H groups in total. The summed E-state index contributed by atoms with van der Waals surface area (Å²) in [4.78, 5) is 47.3. The summed E-state index contributed by atoms with van der Waals surface area (Å²) in [6.07, 6.45) is 9.50. The van der Waals surface area contributed by atoms with Gasteiger partial charge in [0.25, 0.3) is 5.60 Å². The first-order chi connectivity index (χ1) is 22.5. The number of aryl methyl sites for hydroxylation is 1. The first kappa shape index (κ1) is 34.7. The van der Waals surface area contributed by atoms with Crippen LogP contribution in [0.15, 0.2) is 59.8 Å². The maximum Gasteiger partial charge on any atom is 0.350 e. The number of ketones is 2. The molecule has 5 atom stereocenters. The van der Waals surface area contributed by atoms with Gasteiger partial charge in [0.2, 0.25) is 5.78 Å². The molecule has 5 unspecified atom stereocenters. The van der Waals surface area contributed by atoms with Crippen molar-refractivity contribution >= 4 is 23.4 Å². The van der Waals surface area contributed by atoms with Crippen LogP contribution in [0.4, 0.5) is 5.82 Å². The highest BCUT2D eigenvalue weighted by molar-refractivity contribution is 6.33. The third-order valence-corrected chi connectivity index (χ3v) is 10.1. The molecule has 0 bridgehead atoms. The molecule has 47 heavy (non-hydrogen) atoms. The number of nitrogen functional groups attached to an aromatic ring is 1. The smallest absolute Gasteiger partial charge is 0.350 e. The normalized spacial score (nSPS) is 26.9. The molecule has 1 aromatic carbocycles. The van der Waals surface area contributed by atoms with E-state index in [-0.39, 0.29) is 48.6 Å². The molecule has 9 nitrogen and oxygen atoms in total. The van der Waals surface area contributed by atoms with Crippen molar-refractivity contribution in [1.29, 1.82) is 0 Å². The Labute approximate surface area is 278 Å². The number of rotatable bonds is 14. The number of esters is 1. The number of allylic oxidation sites excluding steroid dienone is 2. The molecule has 0 spiro atoms. The number of nitrogens with two attached hydrogens (primary N) is 1. The van der Waals surface area contributed by atoms with Crippen molar-refractivity contribution < 1.29 is 29.0 Å². The Hall–Kier alpha value is -3.66. The Morgan fingerprint density at radius 1 is 1.19 bits per heavy atom. The predicted octanol–water partition coefficient (Wildman–Crippen LogP) is 5.20. The van der Waals surface area contributed by atoms with Gasteiger partial charge in [-0.1, -0.05) is 63.6 Å². The molecule has 0 saturated carbocycles. The third kappa shape index (κ3) is 6.58. The van der Waals surface area contributed by atoms with Crippen molar-refractivity contribution in [3.05, 3.63) is 82.1 Å². The maximum atomic E-state index is 14.6. The van der Waals surface area contributed by atoms with E-state index in [1.165, 1.54) is 0 Å². The molecule has 0 amide bonds. The van der Waals surface area contributed by atoms with Crippen LogP contribution < -0.4 is 11.1 Å². The third-order valence-electron chi connectivity index (χ3n) is 10.1. The molecule has 5 rings (SSSR count). The molecular formula is C38H49N3O6. The van der Waals surface area contributed by atoms with Gasteiger partial charge < -0.3 is 25.6 Å². The van der Waals surface area contributed by atoms with E-state index in [1.807, 2.05) is 39.8 Å². The quantitative estimate of drug-likeness (QED) is 0.109. The number of nitrogens with zero attached hydrogens (tertiary/aromatic N) is 1. The average Bonchev–Trinajstić information content (AvgIpc) is 3.76. The highest BCUT2D eigenvalue weighted by Crippen LogP contribution is 2.60. The Morgan fingerprint density at radius 2 is 1.98 bits per heavy atom. The minimum absolute atomic E-state index is 0.00829. The predicted molar refractivity (Wildman–Crippen MR) is 181 cm³/mol. The van der Waals surface area contributed by atoms with Crippen LogP contribution >= 0.6 is 0 Å². The number of ether oxygens (including phenoxy) is 2. The first-order valence-corrected chi connectivity index (χ1v) is 17.0. The molecule has 3 aliphatic rings. The number of carbonyl (C=O) groups is 3. The number of aliphatic hydroxyl groups is 1. The van der Waals surface area contributed by atoms with Crippen LogP contribution in [-0.2, 0) is 27.1 Å². The lowest BCUT2D eigenvalue weighted by Crippen LogP contribution is -2.52. The summed E-state index contributed by atoms with van der Waals surface area (Å²) in [5.41, 5.74) is 5.57. The van der Waals surface area contributed by atoms with E-state index >= 15 is 0 Å². The Bertz CT molecular complexity index is 1580. The van der Waals surface area contributed by atoms with Crippen LogP contribution in [-0.4, -0.2) is 64.6 Å². The van der Waals surface area contributed by atoms with E-state index in [0.717, 1.165) is 30.5 Å². The maximum absolute atomic E-state index is 14.6. The number of fused-ring (bicyclic) bond motifs is 2. The molecule has 1 aliphatic heterocycles. The summed E-state index contributed by atoms with van der Waals surface area (Å²) < 4.78 is 12.2. The highest BCUT2D eigenvalue weighted by Gasteiger charge is 2.85. The lowest BCUT2D eigenvalue weighted by molar-refractivity contribution is -0.149. The van der Waals surface area contributed by atoms with Gasteiger partial charge in [0.1, 0.15) is 5.82 Å². The van der Waals surface area contributed by atoms with Crippen molar-refractivity contribution in [3.63, 3.8) is 0 Å². The van der Waals surface area contributed by atoms with E-state index in [9.17, 15) is 19.5 Å². The molecular weight excluding hydrogens is 594 g/mol. The van der Waals surface area contributed by atoms with Gasteiger partial charge in [0.05, 0.1) is 13.2 Å². The minimum atomic E-state index is -2.10. The standard InChI is InChI=1S/C38H49N3O6/c1-6-25-13-14-31(40-7-2)28(18-25)22-46-36(45)38-35(44)33-27(17-23(3)4)9-8-10-30(33)34(43)37(38,47-38)20-29(21-42)24(5)11-12-26-15-16-41-32(39)19-26/h8-10,13-16,19,23,25,28,31,40,42H,6-7,11-12,17-18,20-22H2,1-5H3,(H2,39,41). The number of benzene rings is 1. The minimum Gasteiger partial charge on any atom is -0.463 e. The van der Waals surface area contributed by atoms with Crippen LogP contribution in [0.3, 0.4) is 0 Å². The monoisotopic (exact) mass is 643 g/mol. The largest absolute Gasteiger partial charge is 0.463 e. The van der Waals surface area contributed by atoms with Gasteiger partial charge in [-0.05, 0) is 86.2 Å². The van der Waals surface area contributed by atoms with Gasteiger partial charge >= 0.3 is 5.97 Å². The molecule has 0 radical (unpaired) electrons.